The molecule has 0 saturated heterocycles. The van der Waals surface area contributed by atoms with Crippen LogP contribution in [-0.2, 0) is 15.9 Å². The zero-order chi connectivity index (χ0) is 26.4. The fourth-order valence-corrected chi connectivity index (χ4v) is 4.82. The minimum Gasteiger partial charge on any atom is -0.478 e. The number of carboxylic acids is 1. The van der Waals surface area contributed by atoms with Gasteiger partial charge in [0.15, 0.2) is 0 Å². The molecule has 4 rings (SSSR count). The molecule has 0 bridgehead atoms. The van der Waals surface area contributed by atoms with Gasteiger partial charge in [0.25, 0.3) is 0 Å². The molecule has 2 aromatic carbocycles. The predicted octanol–water partition coefficient (Wildman–Crippen LogP) is 5.65. The van der Waals surface area contributed by atoms with Gasteiger partial charge in [-0.2, -0.15) is 0 Å². The molecule has 1 amide bonds. The van der Waals surface area contributed by atoms with Crippen LogP contribution < -0.4 is 5.32 Å². The van der Waals surface area contributed by atoms with Crippen LogP contribution in [0.15, 0.2) is 54.6 Å². The zero-order valence-electron chi connectivity index (χ0n) is 20.6. The number of carbonyl (C=O) groups excluding carboxylic acids is 1. The van der Waals surface area contributed by atoms with E-state index in [1.165, 1.54) is 0 Å². The maximum atomic E-state index is 12.5. The number of hydrogen-bond acceptors (Lipinski definition) is 6. The van der Waals surface area contributed by atoms with E-state index in [0.717, 1.165) is 29.3 Å². The third-order valence-electron chi connectivity index (χ3n) is 6.75. The van der Waals surface area contributed by atoms with E-state index in [1.807, 2.05) is 31.2 Å². The number of carbonyl (C=O) groups is 3. The molecule has 1 heterocycles. The minimum atomic E-state index is -1.34. The fourth-order valence-electron chi connectivity index (χ4n) is 4.82. The van der Waals surface area contributed by atoms with Gasteiger partial charge in [-0.25, -0.2) is 19.4 Å². The molecule has 3 N–H and O–H groups in total. The highest BCUT2D eigenvalue weighted by molar-refractivity contribution is 5.96. The molecule has 9 nitrogen and oxygen atoms in total. The van der Waals surface area contributed by atoms with Crippen LogP contribution in [-0.4, -0.2) is 51.7 Å². The Bertz CT molecular complexity index is 1300. The monoisotopic (exact) mass is 506 g/mol. The Labute approximate surface area is 214 Å². The van der Waals surface area contributed by atoms with Crippen molar-refractivity contribution in [2.75, 3.05) is 6.54 Å². The van der Waals surface area contributed by atoms with Crippen LogP contribution in [0.4, 0.5) is 9.59 Å². The summed E-state index contributed by atoms with van der Waals surface area (Å²) in [5, 5.41) is 22.1. The molecule has 9 heteroatoms. The molecular weight excluding hydrogens is 476 g/mol. The molecule has 0 aliphatic heterocycles. The van der Waals surface area contributed by atoms with Crippen molar-refractivity contribution < 1.29 is 34.1 Å². The number of fused-ring (bicyclic) bond motifs is 1. The molecule has 1 saturated carbocycles. The molecule has 1 aliphatic carbocycles. The summed E-state index contributed by atoms with van der Waals surface area (Å²) in [5.74, 6) is -1.00. The van der Waals surface area contributed by atoms with Crippen molar-refractivity contribution in [1.29, 1.82) is 0 Å². The van der Waals surface area contributed by atoms with Crippen LogP contribution in [0, 0.1) is 0 Å². The first kappa shape index (κ1) is 25.9. The van der Waals surface area contributed by atoms with E-state index in [9.17, 15) is 19.5 Å². The lowest BCUT2D eigenvalue weighted by molar-refractivity contribution is -0.0154. The first-order chi connectivity index (χ1) is 17.8. The Hall–Kier alpha value is -4.14. The van der Waals surface area contributed by atoms with E-state index in [2.05, 4.69) is 10.3 Å². The van der Waals surface area contributed by atoms with Gasteiger partial charge < -0.3 is 25.0 Å². The summed E-state index contributed by atoms with van der Waals surface area (Å²) in [7, 11) is 0. The second-order valence-electron chi connectivity index (χ2n) is 9.33. The van der Waals surface area contributed by atoms with Gasteiger partial charge in [0.2, 0.25) is 0 Å². The number of hydrogen-bond donors (Lipinski definition) is 3. The molecule has 1 unspecified atom stereocenters. The number of nitrogens with one attached hydrogen (secondary N) is 1. The summed E-state index contributed by atoms with van der Waals surface area (Å²) in [6.45, 7) is 2.02. The Morgan fingerprint density at radius 2 is 1.81 bits per heavy atom. The number of nitrogens with zero attached hydrogens (tertiary/aromatic N) is 1. The van der Waals surface area contributed by atoms with Crippen molar-refractivity contribution in [3.05, 3.63) is 65.7 Å². The van der Waals surface area contributed by atoms with Crippen LogP contribution in [0.25, 0.3) is 22.2 Å². The van der Waals surface area contributed by atoms with Crippen LogP contribution >= 0.6 is 0 Å². The lowest BCUT2D eigenvalue weighted by atomic mass is 10.0. The number of ether oxygens (including phenoxy) is 2. The predicted molar refractivity (Wildman–Crippen MR) is 137 cm³/mol. The SMILES string of the molecule is CCC(Cc1ccc2nc(-c3ccccc3C(=O)O)ccc2c1)OC(=O)NCC1(OC(=O)O)CCCC1. The van der Waals surface area contributed by atoms with Crippen LogP contribution in [0.2, 0.25) is 0 Å². The quantitative estimate of drug-likeness (QED) is 0.317. The Morgan fingerprint density at radius 3 is 2.51 bits per heavy atom. The molecule has 1 atom stereocenters. The zero-order valence-corrected chi connectivity index (χ0v) is 20.6. The summed E-state index contributed by atoms with van der Waals surface area (Å²) in [6.07, 6.45) is 1.65. The first-order valence-corrected chi connectivity index (χ1v) is 12.4. The van der Waals surface area contributed by atoms with Crippen molar-refractivity contribution in [2.24, 2.45) is 0 Å². The van der Waals surface area contributed by atoms with Gasteiger partial charge in [-0.1, -0.05) is 37.3 Å². The summed E-state index contributed by atoms with van der Waals surface area (Å²) in [5.41, 5.74) is 2.14. The van der Waals surface area contributed by atoms with E-state index in [1.54, 1.807) is 30.3 Å². The van der Waals surface area contributed by atoms with Crippen LogP contribution in [0.3, 0.4) is 0 Å². The van der Waals surface area contributed by atoms with E-state index in [-0.39, 0.29) is 18.2 Å². The van der Waals surface area contributed by atoms with E-state index < -0.39 is 23.8 Å². The lowest BCUT2D eigenvalue weighted by Gasteiger charge is -2.28. The molecule has 0 spiro atoms. The standard InChI is InChI=1S/C28H30N2O7/c1-2-20(36-26(33)29-17-28(37-27(34)35)13-5-6-14-28)16-18-9-11-23-19(15-18)10-12-24(30-23)21-7-3-4-8-22(21)25(31)32/h3-4,7-12,15,20H,2,5-6,13-14,16-17H2,1H3,(H,29,33)(H,31,32)(H,34,35). The number of carboxylic acid groups (broad SMARTS) is 2. The maximum absolute atomic E-state index is 12.5. The second-order valence-corrected chi connectivity index (χ2v) is 9.33. The number of rotatable bonds is 9. The molecule has 3 aromatic rings. The normalized spacial score (nSPS) is 15.2. The van der Waals surface area contributed by atoms with Gasteiger partial charge >= 0.3 is 18.2 Å². The number of amides is 1. The third kappa shape index (κ3) is 6.35. The molecule has 194 valence electrons. The molecule has 0 radical (unpaired) electrons. The largest absolute Gasteiger partial charge is 0.506 e. The van der Waals surface area contributed by atoms with Crippen molar-refractivity contribution in [2.45, 2.75) is 57.2 Å². The summed E-state index contributed by atoms with van der Waals surface area (Å²) in [4.78, 5) is 39.8. The number of aromatic nitrogens is 1. The van der Waals surface area contributed by atoms with Crippen LogP contribution in [0.1, 0.15) is 54.9 Å². The summed E-state index contributed by atoms with van der Waals surface area (Å²) in [6, 6.07) is 16.2. The number of benzene rings is 2. The van der Waals surface area contributed by atoms with Crippen molar-refractivity contribution >= 4 is 29.1 Å². The molecule has 1 aliphatic rings. The van der Waals surface area contributed by atoms with Gasteiger partial charge in [-0.3, -0.25) is 0 Å². The van der Waals surface area contributed by atoms with Gasteiger partial charge in [-0.05, 0) is 61.9 Å². The summed E-state index contributed by atoms with van der Waals surface area (Å²) < 4.78 is 10.7. The lowest BCUT2D eigenvalue weighted by Crippen LogP contribution is -2.45. The molecule has 1 fully saturated rings. The Morgan fingerprint density at radius 1 is 1.05 bits per heavy atom. The maximum Gasteiger partial charge on any atom is 0.506 e. The smallest absolute Gasteiger partial charge is 0.478 e. The van der Waals surface area contributed by atoms with Gasteiger partial charge in [0.05, 0.1) is 23.3 Å². The van der Waals surface area contributed by atoms with Crippen LogP contribution in [0.5, 0.6) is 0 Å². The van der Waals surface area contributed by atoms with Crippen molar-refractivity contribution in [1.82, 2.24) is 10.3 Å². The number of aromatic carboxylic acids is 1. The van der Waals surface area contributed by atoms with E-state index >= 15 is 0 Å². The molecular formula is C28H30N2O7. The highest BCUT2D eigenvalue weighted by atomic mass is 16.7. The Balaban J connectivity index is 1.41. The van der Waals surface area contributed by atoms with Crippen molar-refractivity contribution in [3.8, 4) is 11.3 Å². The van der Waals surface area contributed by atoms with Gasteiger partial charge in [-0.15, -0.1) is 0 Å². The highest BCUT2D eigenvalue weighted by Gasteiger charge is 2.38. The average Bonchev–Trinajstić information content (AvgIpc) is 3.34. The topological polar surface area (TPSA) is 135 Å². The van der Waals surface area contributed by atoms with E-state index in [4.69, 9.17) is 14.6 Å². The fraction of sp³-hybridized carbons (Fsp3) is 0.357. The minimum absolute atomic E-state index is 0.0869. The van der Waals surface area contributed by atoms with E-state index in [0.29, 0.717) is 36.9 Å². The Kier molecular flexibility index (Phi) is 7.91. The van der Waals surface area contributed by atoms with Gasteiger partial charge in [0.1, 0.15) is 11.7 Å². The second kappa shape index (κ2) is 11.3. The number of pyridine rings is 1. The average molecular weight is 507 g/mol. The number of alkyl carbamates (subject to hydrolysis) is 1. The highest BCUT2D eigenvalue weighted by Crippen LogP contribution is 2.33. The molecule has 1 aromatic heterocycles. The van der Waals surface area contributed by atoms with Crippen molar-refractivity contribution in [3.63, 3.8) is 0 Å². The van der Waals surface area contributed by atoms with Gasteiger partial charge in [0, 0.05) is 17.4 Å². The first-order valence-electron chi connectivity index (χ1n) is 12.4. The molecule has 37 heavy (non-hydrogen) atoms. The summed E-state index contributed by atoms with van der Waals surface area (Å²) >= 11 is 0. The third-order valence-corrected chi connectivity index (χ3v) is 6.75.